The van der Waals surface area contributed by atoms with Crippen LogP contribution in [0.25, 0.3) is 0 Å². The van der Waals surface area contributed by atoms with E-state index in [4.69, 9.17) is 5.73 Å². The van der Waals surface area contributed by atoms with Crippen molar-refractivity contribution < 1.29 is 4.79 Å². The molecule has 1 heterocycles. The number of thioether (sulfide) groups is 2. The molecule has 1 saturated carbocycles. The Kier molecular flexibility index (Phi) is 5.37. The molecule has 0 aromatic heterocycles. The molecule has 2 fully saturated rings. The first-order valence-corrected chi connectivity index (χ1v) is 10.2. The summed E-state index contributed by atoms with van der Waals surface area (Å²) in [7, 11) is 0. The number of hydrogen-bond acceptors (Lipinski definition) is 4. The number of carbonyl (C=O) groups is 1. The molecule has 0 atom stereocenters. The lowest BCUT2D eigenvalue weighted by molar-refractivity contribution is 0.0903. The van der Waals surface area contributed by atoms with Crippen LogP contribution in [0, 0.1) is 0 Å². The molecule has 3 nitrogen and oxygen atoms in total. The number of nitrogens with one attached hydrogen (secondary N) is 1. The van der Waals surface area contributed by atoms with Gasteiger partial charge in [-0.25, -0.2) is 0 Å². The van der Waals surface area contributed by atoms with E-state index in [2.05, 4.69) is 17.4 Å². The van der Waals surface area contributed by atoms with E-state index >= 15 is 0 Å². The lowest BCUT2D eigenvalue weighted by Gasteiger charge is -2.28. The van der Waals surface area contributed by atoms with Crippen LogP contribution < -0.4 is 11.1 Å². The van der Waals surface area contributed by atoms with E-state index in [1.807, 2.05) is 35.7 Å². The maximum Gasteiger partial charge on any atom is 0.251 e. The fourth-order valence-corrected chi connectivity index (χ4v) is 6.11. The van der Waals surface area contributed by atoms with Crippen molar-refractivity contribution in [2.45, 2.75) is 42.2 Å². The van der Waals surface area contributed by atoms with Crippen LogP contribution in [0.2, 0.25) is 0 Å². The molecule has 0 bridgehead atoms. The number of rotatable bonds is 4. The predicted octanol–water partition coefficient (Wildman–Crippen LogP) is 3.56. The maximum absolute atomic E-state index is 12.5. The van der Waals surface area contributed by atoms with Gasteiger partial charge in [0, 0.05) is 12.1 Å². The van der Waals surface area contributed by atoms with Crippen LogP contribution >= 0.6 is 23.5 Å². The van der Waals surface area contributed by atoms with E-state index in [0.29, 0.717) is 11.1 Å². The highest BCUT2D eigenvalue weighted by molar-refractivity contribution is 8.16. The molecule has 2 aliphatic rings. The molecule has 1 aromatic carbocycles. The summed E-state index contributed by atoms with van der Waals surface area (Å²) in [4.78, 5) is 12.5. The Labute approximate surface area is 141 Å². The van der Waals surface area contributed by atoms with Crippen LogP contribution in [-0.4, -0.2) is 29.5 Å². The zero-order valence-electron chi connectivity index (χ0n) is 12.8. The van der Waals surface area contributed by atoms with E-state index in [9.17, 15) is 4.79 Å². The van der Waals surface area contributed by atoms with E-state index in [1.165, 1.54) is 23.5 Å². The summed E-state index contributed by atoms with van der Waals surface area (Å²) < 4.78 is 0.524. The molecule has 120 valence electrons. The monoisotopic (exact) mass is 336 g/mol. The van der Waals surface area contributed by atoms with Crippen molar-refractivity contribution >= 4 is 29.4 Å². The summed E-state index contributed by atoms with van der Waals surface area (Å²) in [6.07, 6.45) is 5.62. The lowest BCUT2D eigenvalue weighted by atomic mass is 9.97. The normalized spacial score (nSPS) is 21.7. The molecule has 3 rings (SSSR count). The molecule has 1 aromatic rings. The largest absolute Gasteiger partial charge is 0.345 e. The average molecular weight is 337 g/mol. The molecule has 0 radical (unpaired) electrons. The topological polar surface area (TPSA) is 55.1 Å². The van der Waals surface area contributed by atoms with E-state index in [0.717, 1.165) is 31.2 Å². The maximum atomic E-state index is 12.5. The van der Waals surface area contributed by atoms with Gasteiger partial charge in [0.15, 0.2) is 0 Å². The fraction of sp³-hybridized carbons (Fsp3) is 0.588. The third kappa shape index (κ3) is 3.63. The zero-order valence-corrected chi connectivity index (χ0v) is 14.5. The van der Waals surface area contributed by atoms with Crippen LogP contribution in [0.3, 0.4) is 0 Å². The quantitative estimate of drug-likeness (QED) is 0.883. The van der Waals surface area contributed by atoms with Crippen molar-refractivity contribution in [3.63, 3.8) is 0 Å². The third-order valence-electron chi connectivity index (χ3n) is 4.60. The minimum atomic E-state index is -0.176. The van der Waals surface area contributed by atoms with Crippen LogP contribution in [0.1, 0.15) is 52.6 Å². The van der Waals surface area contributed by atoms with Crippen LogP contribution in [0.4, 0.5) is 0 Å². The molecular weight excluding hydrogens is 312 g/mol. The summed E-state index contributed by atoms with van der Waals surface area (Å²) in [5.74, 6) is 2.49. The molecule has 1 amide bonds. The van der Waals surface area contributed by atoms with Gasteiger partial charge < -0.3 is 11.1 Å². The van der Waals surface area contributed by atoms with Crippen molar-refractivity contribution in [2.24, 2.45) is 5.73 Å². The summed E-state index contributed by atoms with van der Waals surface area (Å²) in [5, 5.41) is 3.18. The van der Waals surface area contributed by atoms with Gasteiger partial charge >= 0.3 is 0 Å². The molecule has 1 saturated heterocycles. The molecule has 1 aliphatic heterocycles. The summed E-state index contributed by atoms with van der Waals surface area (Å²) in [5.41, 5.74) is 7.79. The summed E-state index contributed by atoms with van der Waals surface area (Å²) in [6.45, 7) is 0.534. The SMILES string of the molecule is NCC1(NC(=O)c2ccc(C3SCCCS3)cc2)CCCC1. The smallest absolute Gasteiger partial charge is 0.251 e. The minimum absolute atomic E-state index is 0.0165. The number of benzene rings is 1. The van der Waals surface area contributed by atoms with Gasteiger partial charge in [-0.05, 0) is 48.5 Å². The van der Waals surface area contributed by atoms with Gasteiger partial charge in [0.1, 0.15) is 0 Å². The van der Waals surface area contributed by atoms with Crippen LogP contribution in [0.15, 0.2) is 24.3 Å². The van der Waals surface area contributed by atoms with Crippen LogP contribution in [0.5, 0.6) is 0 Å². The Hall–Kier alpha value is -0.650. The molecular formula is C17H24N2OS2. The summed E-state index contributed by atoms with van der Waals surface area (Å²) >= 11 is 4.01. The Bertz CT molecular complexity index is 506. The van der Waals surface area contributed by atoms with E-state index in [1.54, 1.807) is 0 Å². The molecule has 5 heteroatoms. The Balaban J connectivity index is 1.65. The number of amides is 1. The molecule has 0 unspecified atom stereocenters. The van der Waals surface area contributed by atoms with Gasteiger partial charge in [0.25, 0.3) is 5.91 Å². The number of nitrogens with two attached hydrogens (primary N) is 1. The second-order valence-corrected chi connectivity index (χ2v) is 8.92. The van der Waals surface area contributed by atoms with E-state index < -0.39 is 0 Å². The van der Waals surface area contributed by atoms with E-state index in [-0.39, 0.29) is 11.4 Å². The standard InChI is InChI=1S/C17H24N2OS2/c18-12-17(8-1-2-9-17)19-15(20)13-4-6-14(7-5-13)16-21-10-3-11-22-16/h4-7,16H,1-3,8-12,18H2,(H,19,20). The highest BCUT2D eigenvalue weighted by atomic mass is 32.2. The van der Waals surface area contributed by atoms with Crippen molar-refractivity contribution in [1.29, 1.82) is 0 Å². The first-order chi connectivity index (χ1) is 10.7. The van der Waals surface area contributed by atoms with Crippen molar-refractivity contribution in [2.75, 3.05) is 18.1 Å². The second-order valence-electron chi connectivity index (χ2n) is 6.19. The van der Waals surface area contributed by atoms with Crippen molar-refractivity contribution in [3.05, 3.63) is 35.4 Å². The number of hydrogen-bond donors (Lipinski definition) is 2. The first kappa shape index (κ1) is 16.2. The third-order valence-corrected chi connectivity index (χ3v) is 7.62. The fourth-order valence-electron chi connectivity index (χ4n) is 3.22. The molecule has 1 aliphatic carbocycles. The highest BCUT2D eigenvalue weighted by Gasteiger charge is 2.34. The molecule has 3 N–H and O–H groups in total. The lowest BCUT2D eigenvalue weighted by Crippen LogP contribution is -2.51. The van der Waals surface area contributed by atoms with Gasteiger partial charge in [0.05, 0.1) is 10.1 Å². The predicted molar refractivity (Wildman–Crippen MR) is 96.4 cm³/mol. The Morgan fingerprint density at radius 3 is 2.36 bits per heavy atom. The van der Waals surface area contributed by atoms with Crippen molar-refractivity contribution in [3.8, 4) is 0 Å². The van der Waals surface area contributed by atoms with Gasteiger partial charge in [-0.3, -0.25) is 4.79 Å². The second kappa shape index (κ2) is 7.28. The van der Waals surface area contributed by atoms with Gasteiger partial charge in [-0.2, -0.15) is 0 Å². The minimum Gasteiger partial charge on any atom is -0.345 e. The van der Waals surface area contributed by atoms with Gasteiger partial charge in [0.2, 0.25) is 0 Å². The first-order valence-electron chi connectivity index (χ1n) is 8.08. The highest BCUT2D eigenvalue weighted by Crippen LogP contribution is 2.43. The summed E-state index contributed by atoms with van der Waals surface area (Å²) in [6, 6.07) is 8.13. The van der Waals surface area contributed by atoms with Gasteiger partial charge in [-0.15, -0.1) is 23.5 Å². The zero-order chi connectivity index (χ0) is 15.4. The molecule has 22 heavy (non-hydrogen) atoms. The number of carbonyl (C=O) groups excluding carboxylic acids is 1. The Morgan fingerprint density at radius 2 is 1.77 bits per heavy atom. The van der Waals surface area contributed by atoms with Gasteiger partial charge in [-0.1, -0.05) is 25.0 Å². The average Bonchev–Trinajstić information content (AvgIpc) is 3.05. The molecule has 0 spiro atoms. The van der Waals surface area contributed by atoms with Crippen molar-refractivity contribution in [1.82, 2.24) is 5.32 Å². The van der Waals surface area contributed by atoms with Crippen LogP contribution in [-0.2, 0) is 0 Å². The Morgan fingerprint density at radius 1 is 1.14 bits per heavy atom.